The van der Waals surface area contributed by atoms with Crippen LogP contribution in [-0.2, 0) is 0 Å². The van der Waals surface area contributed by atoms with Gasteiger partial charge >= 0.3 is 12.0 Å². The first kappa shape index (κ1) is 17.7. The van der Waals surface area contributed by atoms with E-state index in [1.807, 2.05) is 0 Å². The Labute approximate surface area is 141 Å². The lowest BCUT2D eigenvalue weighted by Crippen LogP contribution is -2.37. The number of carbonyl (C=O) groups excluding carboxylic acids is 1. The second kappa shape index (κ2) is 9.46. The third-order valence-corrected chi connectivity index (χ3v) is 3.30. The smallest absolute Gasteiger partial charge is 0.321 e. The average molecular weight is 330 g/mol. The fraction of sp³-hybridized carbons (Fsp3) is 0.353. The minimum absolute atomic E-state index is 0.0546. The summed E-state index contributed by atoms with van der Waals surface area (Å²) in [7, 11) is 0. The molecule has 128 valence electrons. The lowest BCUT2D eigenvalue weighted by Gasteiger charge is -2.22. The number of hydrogen-bond acceptors (Lipinski definition) is 5. The van der Waals surface area contributed by atoms with Gasteiger partial charge in [-0.1, -0.05) is 13.3 Å². The third-order valence-electron chi connectivity index (χ3n) is 3.30. The van der Waals surface area contributed by atoms with Crippen LogP contribution in [0.4, 0.5) is 10.5 Å². The highest BCUT2D eigenvalue weighted by Crippen LogP contribution is 2.20. The van der Waals surface area contributed by atoms with Crippen molar-refractivity contribution >= 4 is 11.7 Å². The molecule has 24 heavy (non-hydrogen) atoms. The number of ether oxygens (including phenoxy) is 1. The van der Waals surface area contributed by atoms with E-state index in [0.29, 0.717) is 24.5 Å². The number of carbonyl (C=O) groups is 1. The number of nitrogens with zero attached hydrogens (tertiary/aromatic N) is 3. The van der Waals surface area contributed by atoms with Crippen molar-refractivity contribution in [1.82, 2.24) is 14.9 Å². The molecular formula is C17H22N4O3. The van der Waals surface area contributed by atoms with E-state index in [2.05, 4.69) is 22.2 Å². The van der Waals surface area contributed by atoms with Crippen LogP contribution >= 0.6 is 0 Å². The van der Waals surface area contributed by atoms with Gasteiger partial charge in [-0.2, -0.15) is 0 Å². The standard InChI is InChI=1S/C17H22N4O3/c1-2-3-11-21(12-13-22)17(23)20-14-5-7-15(8-6-14)24-16-18-9-4-10-19-16/h4-10,22H,2-3,11-13H2,1H3,(H,20,23). The molecule has 0 saturated heterocycles. The Hall–Kier alpha value is -2.67. The summed E-state index contributed by atoms with van der Waals surface area (Å²) in [5.41, 5.74) is 0.653. The molecule has 0 aliphatic carbocycles. The van der Waals surface area contributed by atoms with Crippen LogP contribution in [0, 0.1) is 0 Å². The molecule has 0 aliphatic rings. The van der Waals surface area contributed by atoms with E-state index in [0.717, 1.165) is 12.8 Å². The van der Waals surface area contributed by atoms with Gasteiger partial charge in [0.05, 0.1) is 6.61 Å². The Morgan fingerprint density at radius 1 is 1.21 bits per heavy atom. The van der Waals surface area contributed by atoms with Crippen LogP contribution in [0.5, 0.6) is 11.8 Å². The first-order valence-electron chi connectivity index (χ1n) is 7.94. The van der Waals surface area contributed by atoms with E-state index in [4.69, 9.17) is 9.84 Å². The second-order valence-corrected chi connectivity index (χ2v) is 5.15. The molecule has 0 bridgehead atoms. The lowest BCUT2D eigenvalue weighted by molar-refractivity contribution is 0.187. The van der Waals surface area contributed by atoms with Gasteiger partial charge in [0.25, 0.3) is 0 Å². The SMILES string of the molecule is CCCCN(CCO)C(=O)Nc1ccc(Oc2ncccn2)cc1. The quantitative estimate of drug-likeness (QED) is 0.777. The molecule has 1 heterocycles. The molecular weight excluding hydrogens is 308 g/mol. The number of aliphatic hydroxyl groups is 1. The average Bonchev–Trinajstić information content (AvgIpc) is 2.61. The van der Waals surface area contributed by atoms with E-state index in [-0.39, 0.29) is 18.6 Å². The molecule has 7 nitrogen and oxygen atoms in total. The van der Waals surface area contributed by atoms with E-state index in [9.17, 15) is 4.79 Å². The molecule has 0 spiro atoms. The minimum Gasteiger partial charge on any atom is -0.424 e. The number of nitrogens with one attached hydrogen (secondary N) is 1. The number of aromatic nitrogens is 2. The zero-order valence-corrected chi connectivity index (χ0v) is 13.7. The number of hydrogen-bond donors (Lipinski definition) is 2. The fourth-order valence-electron chi connectivity index (χ4n) is 2.04. The molecule has 0 aliphatic heterocycles. The van der Waals surface area contributed by atoms with Crippen LogP contribution in [0.15, 0.2) is 42.7 Å². The Morgan fingerprint density at radius 3 is 2.54 bits per heavy atom. The number of anilines is 1. The molecule has 0 radical (unpaired) electrons. The molecule has 2 amide bonds. The number of urea groups is 1. The maximum atomic E-state index is 12.2. The molecule has 7 heteroatoms. The van der Waals surface area contributed by atoms with Crippen LogP contribution in [0.25, 0.3) is 0 Å². The number of benzene rings is 1. The summed E-state index contributed by atoms with van der Waals surface area (Å²) >= 11 is 0. The normalized spacial score (nSPS) is 10.2. The van der Waals surface area contributed by atoms with Crippen molar-refractivity contribution in [3.8, 4) is 11.8 Å². The molecule has 0 saturated carbocycles. The van der Waals surface area contributed by atoms with Crippen molar-refractivity contribution in [2.24, 2.45) is 0 Å². The van der Waals surface area contributed by atoms with Gasteiger partial charge in [0.2, 0.25) is 0 Å². The number of aliphatic hydroxyl groups excluding tert-OH is 1. The van der Waals surface area contributed by atoms with Gasteiger partial charge in [0, 0.05) is 31.2 Å². The van der Waals surface area contributed by atoms with E-state index in [1.54, 1.807) is 47.6 Å². The van der Waals surface area contributed by atoms with Gasteiger partial charge in [-0.15, -0.1) is 0 Å². The highest BCUT2D eigenvalue weighted by atomic mass is 16.5. The monoisotopic (exact) mass is 330 g/mol. The Balaban J connectivity index is 1.93. The van der Waals surface area contributed by atoms with Gasteiger partial charge in [0.15, 0.2) is 0 Å². The minimum atomic E-state index is -0.224. The van der Waals surface area contributed by atoms with Gasteiger partial charge in [0.1, 0.15) is 5.75 Å². The highest BCUT2D eigenvalue weighted by molar-refractivity contribution is 5.89. The zero-order chi connectivity index (χ0) is 17.2. The van der Waals surface area contributed by atoms with Crippen LogP contribution in [0.1, 0.15) is 19.8 Å². The fourth-order valence-corrected chi connectivity index (χ4v) is 2.04. The van der Waals surface area contributed by atoms with Gasteiger partial charge in [-0.3, -0.25) is 0 Å². The third kappa shape index (κ3) is 5.51. The Kier molecular flexibility index (Phi) is 6.97. The summed E-state index contributed by atoms with van der Waals surface area (Å²) in [6.07, 6.45) is 5.09. The lowest BCUT2D eigenvalue weighted by atomic mass is 10.3. The number of unbranched alkanes of at least 4 members (excludes halogenated alkanes) is 1. The molecule has 2 aromatic rings. The summed E-state index contributed by atoms with van der Waals surface area (Å²) < 4.78 is 5.50. The van der Waals surface area contributed by atoms with Gasteiger partial charge < -0.3 is 20.1 Å². The zero-order valence-electron chi connectivity index (χ0n) is 13.7. The molecule has 0 unspecified atom stereocenters. The summed E-state index contributed by atoms with van der Waals surface area (Å²) in [6.45, 7) is 2.94. The van der Waals surface area contributed by atoms with E-state index < -0.39 is 0 Å². The maximum Gasteiger partial charge on any atom is 0.321 e. The number of amides is 2. The van der Waals surface area contributed by atoms with E-state index >= 15 is 0 Å². The van der Waals surface area contributed by atoms with E-state index in [1.165, 1.54) is 0 Å². The first-order valence-corrected chi connectivity index (χ1v) is 7.94. The molecule has 2 N–H and O–H groups in total. The van der Waals surface area contributed by atoms with Crippen molar-refractivity contribution in [3.63, 3.8) is 0 Å². The van der Waals surface area contributed by atoms with Gasteiger partial charge in [-0.05, 0) is 36.8 Å². The molecule has 1 aromatic carbocycles. The second-order valence-electron chi connectivity index (χ2n) is 5.15. The molecule has 0 fully saturated rings. The molecule has 2 rings (SSSR count). The Morgan fingerprint density at radius 2 is 1.92 bits per heavy atom. The maximum absolute atomic E-state index is 12.2. The van der Waals surface area contributed by atoms with Crippen molar-refractivity contribution in [2.45, 2.75) is 19.8 Å². The largest absolute Gasteiger partial charge is 0.424 e. The van der Waals surface area contributed by atoms with Gasteiger partial charge in [-0.25, -0.2) is 14.8 Å². The van der Waals surface area contributed by atoms with Crippen LogP contribution in [0.3, 0.4) is 0 Å². The topological polar surface area (TPSA) is 87.6 Å². The highest BCUT2D eigenvalue weighted by Gasteiger charge is 2.12. The Bertz CT molecular complexity index is 619. The van der Waals surface area contributed by atoms with Crippen molar-refractivity contribution in [1.29, 1.82) is 0 Å². The predicted octanol–water partition coefficient (Wildman–Crippen LogP) is 2.90. The number of rotatable bonds is 8. The van der Waals surface area contributed by atoms with Crippen LogP contribution in [0.2, 0.25) is 0 Å². The predicted molar refractivity (Wildman–Crippen MR) is 91.1 cm³/mol. The summed E-state index contributed by atoms with van der Waals surface area (Å²) in [6, 6.07) is 8.70. The summed E-state index contributed by atoms with van der Waals surface area (Å²) in [5.74, 6) is 0.581. The van der Waals surface area contributed by atoms with Crippen LogP contribution < -0.4 is 10.1 Å². The van der Waals surface area contributed by atoms with Crippen molar-refractivity contribution in [2.75, 3.05) is 25.0 Å². The molecule has 1 aromatic heterocycles. The summed E-state index contributed by atoms with van der Waals surface area (Å²) in [5, 5.41) is 11.9. The molecule has 0 atom stereocenters. The first-order chi connectivity index (χ1) is 11.7. The van der Waals surface area contributed by atoms with Crippen molar-refractivity contribution in [3.05, 3.63) is 42.7 Å². The summed E-state index contributed by atoms with van der Waals surface area (Å²) in [4.78, 5) is 21.8. The van der Waals surface area contributed by atoms with Crippen molar-refractivity contribution < 1.29 is 14.6 Å². The van der Waals surface area contributed by atoms with Crippen LogP contribution in [-0.4, -0.2) is 45.7 Å².